The first kappa shape index (κ1) is 15.8. The lowest BCUT2D eigenvalue weighted by Crippen LogP contribution is -2.44. The van der Waals surface area contributed by atoms with E-state index >= 15 is 0 Å². The van der Waals surface area contributed by atoms with Crippen molar-refractivity contribution in [3.8, 4) is 0 Å². The number of hydrogen-bond acceptors (Lipinski definition) is 3. The van der Waals surface area contributed by atoms with Gasteiger partial charge in [-0.1, -0.05) is 13.5 Å². The van der Waals surface area contributed by atoms with Crippen molar-refractivity contribution in [1.29, 1.82) is 0 Å². The fourth-order valence-electron chi connectivity index (χ4n) is 1.23. The molecule has 0 fully saturated rings. The fourth-order valence-corrected chi connectivity index (χ4v) is 1.23. The molecule has 0 atom stereocenters. The maximum Gasteiger partial charge on any atom is 0.151 e. The van der Waals surface area contributed by atoms with E-state index < -0.39 is 11.4 Å². The standard InChI is InChI=1S/C12H20F2N2O/c1-5-10(14)7-11(8-13)17-12(3,4)9-16(15)6-2/h5,7-8H,1,6,9,15H2,2-4H3/b10-7+,11-8-. The van der Waals surface area contributed by atoms with E-state index in [2.05, 4.69) is 6.58 Å². The van der Waals surface area contributed by atoms with E-state index in [1.807, 2.05) is 6.92 Å². The molecule has 0 bridgehead atoms. The monoisotopic (exact) mass is 246 g/mol. The smallest absolute Gasteiger partial charge is 0.151 e. The number of nitrogens with zero attached hydrogens (tertiary/aromatic N) is 1. The van der Waals surface area contributed by atoms with Gasteiger partial charge in [-0.2, -0.15) is 0 Å². The number of hydrazine groups is 1. The van der Waals surface area contributed by atoms with Crippen LogP contribution in [0.25, 0.3) is 0 Å². The number of allylic oxidation sites excluding steroid dienone is 3. The van der Waals surface area contributed by atoms with Crippen LogP contribution in [-0.2, 0) is 4.74 Å². The molecular formula is C12H20F2N2O. The Morgan fingerprint density at radius 3 is 2.53 bits per heavy atom. The minimum absolute atomic E-state index is 0.197. The zero-order chi connectivity index (χ0) is 13.5. The van der Waals surface area contributed by atoms with Gasteiger partial charge in [0.05, 0.1) is 6.54 Å². The first-order chi connectivity index (χ1) is 7.84. The summed E-state index contributed by atoms with van der Waals surface area (Å²) in [6.45, 7) is 9.63. The number of nitrogens with two attached hydrogens (primary N) is 1. The van der Waals surface area contributed by atoms with Gasteiger partial charge in [-0.3, -0.25) is 5.84 Å². The van der Waals surface area contributed by atoms with Gasteiger partial charge < -0.3 is 4.74 Å². The van der Waals surface area contributed by atoms with Crippen LogP contribution in [0.15, 0.2) is 36.6 Å². The van der Waals surface area contributed by atoms with Crippen LogP contribution in [0.4, 0.5) is 8.78 Å². The van der Waals surface area contributed by atoms with Gasteiger partial charge in [0, 0.05) is 12.6 Å². The largest absolute Gasteiger partial charge is 0.484 e. The van der Waals surface area contributed by atoms with Gasteiger partial charge in [0.15, 0.2) is 5.76 Å². The number of rotatable bonds is 7. The van der Waals surface area contributed by atoms with E-state index in [0.29, 0.717) is 13.1 Å². The quantitative estimate of drug-likeness (QED) is 0.325. The van der Waals surface area contributed by atoms with Crippen LogP contribution in [0, 0.1) is 0 Å². The zero-order valence-corrected chi connectivity index (χ0v) is 10.5. The van der Waals surface area contributed by atoms with E-state index in [9.17, 15) is 8.78 Å². The Morgan fingerprint density at radius 2 is 2.12 bits per heavy atom. The lowest BCUT2D eigenvalue weighted by atomic mass is 10.1. The summed E-state index contributed by atoms with van der Waals surface area (Å²) in [5, 5.41) is 1.53. The van der Waals surface area contributed by atoms with Gasteiger partial charge in [0.25, 0.3) is 0 Å². The second kappa shape index (κ2) is 7.19. The molecule has 0 saturated heterocycles. The van der Waals surface area contributed by atoms with Gasteiger partial charge >= 0.3 is 0 Å². The third kappa shape index (κ3) is 6.86. The Morgan fingerprint density at radius 1 is 1.53 bits per heavy atom. The first-order valence-electron chi connectivity index (χ1n) is 5.33. The van der Waals surface area contributed by atoms with Crippen molar-refractivity contribution >= 4 is 0 Å². The normalized spacial score (nSPS) is 14.1. The van der Waals surface area contributed by atoms with Crippen molar-refractivity contribution in [2.24, 2.45) is 5.84 Å². The van der Waals surface area contributed by atoms with Crippen LogP contribution >= 0.6 is 0 Å². The van der Waals surface area contributed by atoms with Crippen LogP contribution in [0.2, 0.25) is 0 Å². The molecule has 5 heteroatoms. The van der Waals surface area contributed by atoms with E-state index in [0.717, 1.165) is 12.2 Å². The molecule has 0 rings (SSSR count). The topological polar surface area (TPSA) is 38.5 Å². The van der Waals surface area contributed by atoms with Crippen LogP contribution < -0.4 is 5.84 Å². The van der Waals surface area contributed by atoms with E-state index in [4.69, 9.17) is 10.6 Å². The van der Waals surface area contributed by atoms with Crippen molar-refractivity contribution < 1.29 is 13.5 Å². The minimum atomic E-state index is -0.722. The highest BCUT2D eigenvalue weighted by molar-refractivity contribution is 5.20. The van der Waals surface area contributed by atoms with Gasteiger partial charge in [-0.15, -0.1) is 0 Å². The summed E-state index contributed by atoms with van der Waals surface area (Å²) in [6, 6.07) is 0. The summed E-state index contributed by atoms with van der Waals surface area (Å²) in [7, 11) is 0. The van der Waals surface area contributed by atoms with E-state index in [1.54, 1.807) is 13.8 Å². The van der Waals surface area contributed by atoms with Crippen molar-refractivity contribution in [1.82, 2.24) is 5.01 Å². The Bertz CT molecular complexity index is 312. The van der Waals surface area contributed by atoms with Gasteiger partial charge in [-0.05, 0) is 19.9 Å². The summed E-state index contributed by atoms with van der Waals surface area (Å²) in [5.74, 6) is 4.78. The Kier molecular flexibility index (Phi) is 6.68. The van der Waals surface area contributed by atoms with Crippen LogP contribution in [-0.4, -0.2) is 23.7 Å². The summed E-state index contributed by atoms with van der Waals surface area (Å²) >= 11 is 0. The first-order valence-corrected chi connectivity index (χ1v) is 5.33. The van der Waals surface area contributed by atoms with Crippen molar-refractivity contribution in [3.63, 3.8) is 0 Å². The number of halogens is 2. The lowest BCUT2D eigenvalue weighted by Gasteiger charge is -2.30. The Hall–Kier alpha value is -1.20. The maximum atomic E-state index is 12.9. The SMILES string of the molecule is C=C/C(F)=C\C(=C\F)OC(C)(C)CN(N)CC. The second-order valence-corrected chi connectivity index (χ2v) is 4.17. The Labute approximate surface area is 101 Å². The molecule has 0 aromatic carbocycles. The average molecular weight is 246 g/mol. The summed E-state index contributed by atoms with van der Waals surface area (Å²) < 4.78 is 30.8. The van der Waals surface area contributed by atoms with E-state index in [1.165, 1.54) is 5.01 Å². The molecule has 98 valence electrons. The maximum absolute atomic E-state index is 12.9. The van der Waals surface area contributed by atoms with Crippen LogP contribution in [0.1, 0.15) is 20.8 Å². The minimum Gasteiger partial charge on any atom is -0.484 e. The molecule has 0 aliphatic carbocycles. The molecule has 0 saturated carbocycles. The predicted molar refractivity (Wildman–Crippen MR) is 65.2 cm³/mol. The molecule has 0 aromatic heterocycles. The van der Waals surface area contributed by atoms with Gasteiger partial charge in [0.2, 0.25) is 0 Å². The molecule has 0 amide bonds. The van der Waals surface area contributed by atoms with Crippen molar-refractivity contribution in [2.45, 2.75) is 26.4 Å². The summed E-state index contributed by atoms with van der Waals surface area (Å²) in [4.78, 5) is 0. The van der Waals surface area contributed by atoms with E-state index in [-0.39, 0.29) is 12.1 Å². The number of hydrogen-bond donors (Lipinski definition) is 1. The molecule has 3 nitrogen and oxygen atoms in total. The number of likely N-dealkylation sites (N-methyl/N-ethyl adjacent to an activating group) is 1. The van der Waals surface area contributed by atoms with Crippen molar-refractivity contribution in [3.05, 3.63) is 36.6 Å². The highest BCUT2D eigenvalue weighted by Gasteiger charge is 2.22. The summed E-state index contributed by atoms with van der Waals surface area (Å²) in [6.07, 6.45) is 2.11. The molecule has 17 heavy (non-hydrogen) atoms. The molecule has 2 N–H and O–H groups in total. The van der Waals surface area contributed by atoms with Crippen LogP contribution in [0.3, 0.4) is 0 Å². The van der Waals surface area contributed by atoms with Gasteiger partial charge in [0.1, 0.15) is 17.8 Å². The lowest BCUT2D eigenvalue weighted by molar-refractivity contribution is 0.00734. The third-order valence-electron chi connectivity index (χ3n) is 1.97. The molecule has 0 aliphatic rings. The molecule has 0 aromatic rings. The van der Waals surface area contributed by atoms with Crippen molar-refractivity contribution in [2.75, 3.05) is 13.1 Å². The highest BCUT2D eigenvalue weighted by atomic mass is 19.1. The molecule has 0 radical (unpaired) electrons. The van der Waals surface area contributed by atoms with Crippen LogP contribution in [0.5, 0.6) is 0 Å². The Balaban J connectivity index is 4.62. The molecular weight excluding hydrogens is 226 g/mol. The highest BCUT2D eigenvalue weighted by Crippen LogP contribution is 2.18. The number of ether oxygens (including phenoxy) is 1. The third-order valence-corrected chi connectivity index (χ3v) is 1.97. The predicted octanol–water partition coefficient (Wildman–Crippen LogP) is 2.83. The van der Waals surface area contributed by atoms with Gasteiger partial charge in [-0.25, -0.2) is 13.8 Å². The average Bonchev–Trinajstić information content (AvgIpc) is 2.26. The molecule has 0 spiro atoms. The molecule has 0 heterocycles. The molecule has 0 unspecified atom stereocenters. The fraction of sp³-hybridized carbons (Fsp3) is 0.500. The summed E-state index contributed by atoms with van der Waals surface area (Å²) in [5.41, 5.74) is -0.722. The zero-order valence-electron chi connectivity index (χ0n) is 10.5. The molecule has 0 aliphatic heterocycles. The second-order valence-electron chi connectivity index (χ2n) is 4.17.